The predicted octanol–water partition coefficient (Wildman–Crippen LogP) is 0.769. The van der Waals surface area contributed by atoms with Gasteiger partial charge in [0.05, 0.1) is 11.9 Å². The van der Waals surface area contributed by atoms with Gasteiger partial charge in [-0.15, -0.1) is 12.4 Å². The minimum atomic E-state index is 0. The molecule has 0 aliphatic rings. The lowest BCUT2D eigenvalue weighted by Crippen LogP contribution is -2.18. The number of ether oxygens (including phenoxy) is 1. The molecule has 0 saturated heterocycles. The molecule has 3 N–H and O–H groups in total. The van der Waals surface area contributed by atoms with Crippen molar-refractivity contribution in [3.05, 3.63) is 0 Å². The van der Waals surface area contributed by atoms with Crippen molar-refractivity contribution in [3.8, 4) is 0 Å². The van der Waals surface area contributed by atoms with Crippen molar-refractivity contribution < 1.29 is 4.74 Å². The highest BCUT2D eigenvalue weighted by Gasteiger charge is 1.98. The van der Waals surface area contributed by atoms with Crippen molar-refractivity contribution in [2.45, 2.75) is 19.4 Å². The van der Waals surface area contributed by atoms with Crippen molar-refractivity contribution in [2.75, 3.05) is 7.11 Å². The Bertz CT molecular complexity index is 87.0. The van der Waals surface area contributed by atoms with E-state index in [1.165, 1.54) is 0 Å². The van der Waals surface area contributed by atoms with Crippen LogP contribution in [0.1, 0.15) is 13.3 Å². The maximum absolute atomic E-state index is 6.83. The molecule has 0 saturated carbocycles. The minimum absolute atomic E-state index is 0. The summed E-state index contributed by atoms with van der Waals surface area (Å²) in [7, 11) is 1.60. The van der Waals surface area contributed by atoms with Gasteiger partial charge in [0.15, 0.2) is 0 Å². The third-order valence-electron chi connectivity index (χ3n) is 0.910. The van der Waals surface area contributed by atoms with Crippen LogP contribution in [0.3, 0.4) is 0 Å². The summed E-state index contributed by atoms with van der Waals surface area (Å²) in [4.78, 5) is 0. The van der Waals surface area contributed by atoms with E-state index in [4.69, 9.17) is 15.9 Å². The predicted molar refractivity (Wildman–Crippen MR) is 40.3 cm³/mol. The van der Waals surface area contributed by atoms with Crippen LogP contribution in [-0.2, 0) is 4.74 Å². The summed E-state index contributed by atoms with van der Waals surface area (Å²) in [5.41, 5.74) is 5.07. The van der Waals surface area contributed by atoms with Crippen molar-refractivity contribution in [1.82, 2.24) is 0 Å². The van der Waals surface area contributed by atoms with Gasteiger partial charge in [0.25, 0.3) is 0 Å². The summed E-state index contributed by atoms with van der Waals surface area (Å²) < 4.78 is 4.84. The van der Waals surface area contributed by atoms with Crippen LogP contribution in [0.2, 0.25) is 0 Å². The quantitative estimate of drug-likeness (QED) is 0.464. The smallest absolute Gasteiger partial charge is 0.0931 e. The molecule has 0 aliphatic heterocycles. The van der Waals surface area contributed by atoms with Crippen molar-refractivity contribution >= 4 is 18.2 Å². The Kier molecular flexibility index (Phi) is 7.48. The van der Waals surface area contributed by atoms with Crippen LogP contribution in [0.5, 0.6) is 0 Å². The Morgan fingerprint density at radius 2 is 2.22 bits per heavy atom. The van der Waals surface area contributed by atoms with E-state index in [-0.39, 0.29) is 24.3 Å². The number of hydrogen-bond donors (Lipinski definition) is 2. The van der Waals surface area contributed by atoms with Gasteiger partial charge in [-0.2, -0.15) is 0 Å². The number of nitrogens with one attached hydrogen (secondary N) is 1. The normalized spacial score (nSPS) is 11.8. The molecule has 1 atom stereocenters. The van der Waals surface area contributed by atoms with Gasteiger partial charge in [-0.1, -0.05) is 0 Å². The average Bonchev–Trinajstić information content (AvgIpc) is 1.65. The fourth-order valence-electron chi connectivity index (χ4n) is 0.393. The molecule has 0 aromatic carbocycles. The van der Waals surface area contributed by atoms with Crippen LogP contribution >= 0.6 is 12.4 Å². The van der Waals surface area contributed by atoms with Gasteiger partial charge < -0.3 is 10.5 Å². The molecule has 0 rings (SSSR count). The molecule has 3 nitrogen and oxygen atoms in total. The highest BCUT2D eigenvalue weighted by Crippen LogP contribution is 1.91. The van der Waals surface area contributed by atoms with Gasteiger partial charge in [0.2, 0.25) is 0 Å². The van der Waals surface area contributed by atoms with Crippen LogP contribution in [0, 0.1) is 5.41 Å². The molecule has 0 amide bonds. The van der Waals surface area contributed by atoms with Crippen molar-refractivity contribution in [3.63, 3.8) is 0 Å². The summed E-state index contributed by atoms with van der Waals surface area (Å²) in [6, 6.07) is 0. The molecule has 0 aromatic rings. The Morgan fingerprint density at radius 3 is 2.33 bits per heavy atom. The van der Waals surface area contributed by atoms with Crippen molar-refractivity contribution in [1.29, 1.82) is 5.41 Å². The molecule has 4 heteroatoms. The SMILES string of the molecule is COC(C)CC(=N)N.Cl. The topological polar surface area (TPSA) is 59.1 Å². The van der Waals surface area contributed by atoms with Crippen LogP contribution in [0.25, 0.3) is 0 Å². The molecule has 0 aliphatic carbocycles. The largest absolute Gasteiger partial charge is 0.388 e. The Balaban J connectivity index is 0. The molecule has 56 valence electrons. The maximum Gasteiger partial charge on any atom is 0.0931 e. The van der Waals surface area contributed by atoms with E-state index in [1.54, 1.807) is 7.11 Å². The molecule has 1 unspecified atom stereocenters. The zero-order chi connectivity index (χ0) is 6.57. The maximum atomic E-state index is 6.83. The third-order valence-corrected chi connectivity index (χ3v) is 0.910. The number of halogens is 1. The Morgan fingerprint density at radius 1 is 1.78 bits per heavy atom. The molecular weight excluding hydrogens is 140 g/mol. The minimum Gasteiger partial charge on any atom is -0.388 e. The fraction of sp³-hybridized carbons (Fsp3) is 0.800. The van der Waals surface area contributed by atoms with E-state index in [0.717, 1.165) is 0 Å². The number of methoxy groups -OCH3 is 1. The lowest BCUT2D eigenvalue weighted by atomic mass is 10.3. The van der Waals surface area contributed by atoms with Crippen LogP contribution in [-0.4, -0.2) is 19.0 Å². The van der Waals surface area contributed by atoms with Gasteiger partial charge in [-0.05, 0) is 6.92 Å². The number of rotatable bonds is 3. The first kappa shape index (κ1) is 11.5. The zero-order valence-electron chi connectivity index (χ0n) is 5.68. The van der Waals surface area contributed by atoms with Crippen LogP contribution < -0.4 is 5.73 Å². The second-order valence-corrected chi connectivity index (χ2v) is 1.78. The average molecular weight is 153 g/mol. The molecular formula is C5H13ClN2O. The van der Waals surface area contributed by atoms with Crippen molar-refractivity contribution in [2.24, 2.45) is 5.73 Å². The molecule has 0 aromatic heterocycles. The molecule has 0 fully saturated rings. The lowest BCUT2D eigenvalue weighted by molar-refractivity contribution is 0.124. The van der Waals surface area contributed by atoms with Gasteiger partial charge in [0.1, 0.15) is 0 Å². The van der Waals surface area contributed by atoms with Gasteiger partial charge >= 0.3 is 0 Å². The van der Waals surface area contributed by atoms with Gasteiger partial charge in [-0.25, -0.2) is 0 Å². The molecule has 0 heterocycles. The third kappa shape index (κ3) is 7.72. The van der Waals surface area contributed by atoms with E-state index in [1.807, 2.05) is 6.92 Å². The van der Waals surface area contributed by atoms with Gasteiger partial charge in [-0.3, -0.25) is 5.41 Å². The Labute approximate surface area is 61.5 Å². The molecule has 0 bridgehead atoms. The van der Waals surface area contributed by atoms with Crippen LogP contribution in [0.15, 0.2) is 0 Å². The summed E-state index contributed by atoms with van der Waals surface area (Å²) >= 11 is 0. The second-order valence-electron chi connectivity index (χ2n) is 1.78. The van der Waals surface area contributed by atoms with E-state index < -0.39 is 0 Å². The van der Waals surface area contributed by atoms with E-state index in [9.17, 15) is 0 Å². The highest BCUT2D eigenvalue weighted by molar-refractivity contribution is 5.85. The Hall–Kier alpha value is -0.280. The van der Waals surface area contributed by atoms with Gasteiger partial charge in [0, 0.05) is 13.5 Å². The number of amidine groups is 1. The monoisotopic (exact) mass is 152 g/mol. The first-order valence-electron chi connectivity index (χ1n) is 2.52. The van der Waals surface area contributed by atoms with E-state index >= 15 is 0 Å². The summed E-state index contributed by atoms with van der Waals surface area (Å²) in [5.74, 6) is 0.180. The van der Waals surface area contributed by atoms with E-state index in [0.29, 0.717) is 6.42 Å². The fourth-order valence-corrected chi connectivity index (χ4v) is 0.393. The standard InChI is InChI=1S/C5H12N2O.ClH/c1-4(8-2)3-5(6)7;/h4H,3H2,1-2H3,(H3,6,7);1H. The number of hydrogen-bond acceptors (Lipinski definition) is 2. The lowest BCUT2D eigenvalue weighted by Gasteiger charge is -2.05. The second kappa shape index (κ2) is 5.85. The molecule has 0 spiro atoms. The highest BCUT2D eigenvalue weighted by atomic mass is 35.5. The summed E-state index contributed by atoms with van der Waals surface area (Å²) in [6.07, 6.45) is 0.601. The zero-order valence-corrected chi connectivity index (χ0v) is 6.49. The summed E-state index contributed by atoms with van der Waals surface area (Å²) in [6.45, 7) is 1.88. The first-order valence-corrected chi connectivity index (χ1v) is 2.52. The number of nitrogens with two attached hydrogens (primary N) is 1. The summed E-state index contributed by atoms with van der Waals surface area (Å²) in [5, 5.41) is 6.83. The van der Waals surface area contributed by atoms with Crippen LogP contribution in [0.4, 0.5) is 0 Å². The van der Waals surface area contributed by atoms with E-state index in [2.05, 4.69) is 0 Å². The molecule has 0 radical (unpaired) electrons. The first-order chi connectivity index (χ1) is 3.66. The molecule has 9 heavy (non-hydrogen) atoms.